The minimum absolute atomic E-state index is 0.0553. The van der Waals surface area contributed by atoms with Crippen molar-refractivity contribution in [3.8, 4) is 0 Å². The number of carbonyl (C=O) groups excluding carboxylic acids is 4. The lowest BCUT2D eigenvalue weighted by Crippen LogP contribution is -2.32. The number of hydrogen-bond donors (Lipinski definition) is 2. The number of halogens is 3. The molecule has 3 aromatic carbocycles. The number of nitrogens with zero attached hydrogens (tertiary/aromatic N) is 1. The molecule has 4 rings (SSSR count). The van der Waals surface area contributed by atoms with Crippen molar-refractivity contribution in [3.63, 3.8) is 0 Å². The zero-order valence-corrected chi connectivity index (χ0v) is 22.5. The number of amides is 3. The monoisotopic (exact) mass is 569 g/mol. The number of aryl methyl sites for hydroxylation is 1. The second-order valence-corrected chi connectivity index (χ2v) is 9.66. The number of nitrogens with one attached hydrogen (secondary N) is 2. The van der Waals surface area contributed by atoms with Gasteiger partial charge >= 0.3 is 5.97 Å². The van der Waals surface area contributed by atoms with E-state index in [9.17, 15) is 23.6 Å². The second kappa shape index (κ2) is 11.3. The maximum absolute atomic E-state index is 13.6. The Morgan fingerprint density at radius 2 is 1.59 bits per heavy atom. The molecular formula is C28H22Cl2FN3O5. The third kappa shape index (κ3) is 5.94. The van der Waals surface area contributed by atoms with Crippen LogP contribution in [0.2, 0.25) is 5.02 Å². The zero-order valence-electron chi connectivity index (χ0n) is 21.0. The Bertz CT molecular complexity index is 1540. The predicted octanol–water partition coefficient (Wildman–Crippen LogP) is 6.04. The van der Waals surface area contributed by atoms with Gasteiger partial charge in [-0.1, -0.05) is 29.3 Å². The number of anilines is 3. The van der Waals surface area contributed by atoms with Crippen LogP contribution in [0, 0.1) is 12.7 Å². The fourth-order valence-corrected chi connectivity index (χ4v) is 4.06. The molecule has 0 spiro atoms. The molecule has 0 saturated heterocycles. The van der Waals surface area contributed by atoms with E-state index in [0.29, 0.717) is 22.5 Å². The van der Waals surface area contributed by atoms with E-state index in [2.05, 4.69) is 10.6 Å². The van der Waals surface area contributed by atoms with E-state index in [1.54, 1.807) is 57.2 Å². The van der Waals surface area contributed by atoms with Crippen LogP contribution >= 0.6 is 23.2 Å². The van der Waals surface area contributed by atoms with E-state index in [1.165, 1.54) is 12.1 Å². The quantitative estimate of drug-likeness (QED) is 0.265. The molecule has 8 nitrogen and oxygen atoms in total. The Kier molecular flexibility index (Phi) is 8.03. The van der Waals surface area contributed by atoms with Crippen LogP contribution in [0.3, 0.4) is 0 Å². The van der Waals surface area contributed by atoms with Gasteiger partial charge in [-0.2, -0.15) is 0 Å². The number of rotatable bonds is 7. The lowest BCUT2D eigenvalue weighted by molar-refractivity contribution is -0.120. The lowest BCUT2D eigenvalue weighted by atomic mass is 10.1. The van der Waals surface area contributed by atoms with Crippen molar-refractivity contribution >= 4 is 64.0 Å². The molecular weight excluding hydrogens is 548 g/mol. The zero-order chi connectivity index (χ0) is 28.4. The van der Waals surface area contributed by atoms with Gasteiger partial charge in [0.25, 0.3) is 17.7 Å². The van der Waals surface area contributed by atoms with Crippen molar-refractivity contribution in [2.24, 2.45) is 0 Å². The van der Waals surface area contributed by atoms with Crippen LogP contribution in [0.1, 0.15) is 40.1 Å². The fourth-order valence-electron chi connectivity index (χ4n) is 3.68. The van der Waals surface area contributed by atoms with Gasteiger partial charge < -0.3 is 15.4 Å². The first-order chi connectivity index (χ1) is 18.5. The molecule has 3 aromatic rings. The first kappa shape index (κ1) is 27.8. The summed E-state index contributed by atoms with van der Waals surface area (Å²) in [6.45, 7) is 5.24. The van der Waals surface area contributed by atoms with Gasteiger partial charge in [-0.25, -0.2) is 14.1 Å². The van der Waals surface area contributed by atoms with E-state index in [1.807, 2.05) is 0 Å². The molecule has 0 bridgehead atoms. The van der Waals surface area contributed by atoms with E-state index in [0.717, 1.165) is 17.0 Å². The summed E-state index contributed by atoms with van der Waals surface area (Å²) >= 11 is 12.0. The van der Waals surface area contributed by atoms with Gasteiger partial charge in [0.15, 0.2) is 0 Å². The Labute approximate surface area is 233 Å². The summed E-state index contributed by atoms with van der Waals surface area (Å²) in [5.74, 6) is -3.19. The maximum atomic E-state index is 13.6. The lowest BCUT2D eigenvalue weighted by Gasteiger charge is -2.16. The van der Waals surface area contributed by atoms with Crippen molar-refractivity contribution in [2.75, 3.05) is 15.5 Å². The summed E-state index contributed by atoms with van der Waals surface area (Å²) in [6.07, 6.45) is -0.256. The van der Waals surface area contributed by atoms with Crippen LogP contribution in [0.5, 0.6) is 0 Å². The van der Waals surface area contributed by atoms with Crippen molar-refractivity contribution in [3.05, 3.63) is 98.9 Å². The molecule has 39 heavy (non-hydrogen) atoms. The van der Waals surface area contributed by atoms with Gasteiger partial charge in [0.1, 0.15) is 16.5 Å². The van der Waals surface area contributed by atoms with Crippen LogP contribution in [-0.4, -0.2) is 29.8 Å². The molecule has 0 atom stereocenters. The van der Waals surface area contributed by atoms with Gasteiger partial charge in [-0.3, -0.25) is 14.4 Å². The van der Waals surface area contributed by atoms with E-state index in [-0.39, 0.29) is 33.1 Å². The SMILES string of the molecule is Cc1ccc(C(=O)Nc2ccc(C(=O)OC(C)C)cc2)cc1NC1=C(Cl)C(=O)N(c2ccc(F)c(Cl)c2)C1=O. The molecule has 1 aliphatic rings. The van der Waals surface area contributed by atoms with Crippen LogP contribution in [0.15, 0.2) is 71.4 Å². The molecule has 0 aromatic heterocycles. The molecule has 0 aliphatic carbocycles. The van der Waals surface area contributed by atoms with Crippen LogP contribution in [-0.2, 0) is 14.3 Å². The van der Waals surface area contributed by atoms with Crippen molar-refractivity contribution in [1.82, 2.24) is 0 Å². The van der Waals surface area contributed by atoms with Crippen LogP contribution in [0.4, 0.5) is 21.5 Å². The maximum Gasteiger partial charge on any atom is 0.338 e. The summed E-state index contributed by atoms with van der Waals surface area (Å²) in [7, 11) is 0. The van der Waals surface area contributed by atoms with Crippen molar-refractivity contribution < 1.29 is 28.3 Å². The molecule has 1 aliphatic heterocycles. The number of imide groups is 1. The first-order valence-electron chi connectivity index (χ1n) is 11.7. The molecule has 0 radical (unpaired) electrons. The summed E-state index contributed by atoms with van der Waals surface area (Å²) in [6, 6.07) is 14.4. The Hall–Kier alpha value is -4.21. The molecule has 11 heteroatoms. The van der Waals surface area contributed by atoms with Gasteiger partial charge in [0, 0.05) is 16.9 Å². The molecule has 0 fully saturated rings. The van der Waals surface area contributed by atoms with Crippen LogP contribution in [0.25, 0.3) is 0 Å². The van der Waals surface area contributed by atoms with Crippen LogP contribution < -0.4 is 15.5 Å². The van der Waals surface area contributed by atoms with E-state index < -0.39 is 29.5 Å². The average molecular weight is 570 g/mol. The highest BCUT2D eigenvalue weighted by Gasteiger charge is 2.39. The third-order valence-electron chi connectivity index (χ3n) is 5.67. The molecule has 200 valence electrons. The fraction of sp³-hybridized carbons (Fsp3) is 0.143. The van der Waals surface area contributed by atoms with Gasteiger partial charge in [0.05, 0.1) is 22.4 Å². The summed E-state index contributed by atoms with van der Waals surface area (Å²) in [5.41, 5.74) is 1.93. The second-order valence-electron chi connectivity index (χ2n) is 8.87. The van der Waals surface area contributed by atoms with Gasteiger partial charge in [-0.15, -0.1) is 0 Å². The minimum Gasteiger partial charge on any atom is -0.459 e. The van der Waals surface area contributed by atoms with Gasteiger partial charge in [-0.05, 0) is 80.9 Å². The summed E-state index contributed by atoms with van der Waals surface area (Å²) in [4.78, 5) is 51.5. The summed E-state index contributed by atoms with van der Waals surface area (Å²) < 4.78 is 18.7. The highest BCUT2D eigenvalue weighted by Crippen LogP contribution is 2.33. The first-order valence-corrected chi connectivity index (χ1v) is 12.5. The largest absolute Gasteiger partial charge is 0.459 e. The predicted molar refractivity (Wildman–Crippen MR) is 147 cm³/mol. The Morgan fingerprint density at radius 3 is 2.23 bits per heavy atom. The number of esters is 1. The Balaban J connectivity index is 1.51. The molecule has 2 N–H and O–H groups in total. The highest BCUT2D eigenvalue weighted by molar-refractivity contribution is 6.53. The standard InChI is InChI=1S/C28H22Cl2FN3O5/c1-14(2)39-28(38)16-6-8-18(9-7-16)32-25(35)17-5-4-15(3)22(12-17)33-24-23(30)26(36)34(27(24)37)19-10-11-21(31)20(29)13-19/h4-14,33H,1-3H3,(H,32,35). The third-order valence-corrected chi connectivity index (χ3v) is 6.31. The van der Waals surface area contributed by atoms with Gasteiger partial charge in [0.2, 0.25) is 0 Å². The molecule has 1 heterocycles. The number of hydrogen-bond acceptors (Lipinski definition) is 6. The number of carbonyl (C=O) groups is 4. The molecule has 3 amide bonds. The highest BCUT2D eigenvalue weighted by atomic mass is 35.5. The van der Waals surface area contributed by atoms with Crippen molar-refractivity contribution in [1.29, 1.82) is 0 Å². The number of benzene rings is 3. The summed E-state index contributed by atoms with van der Waals surface area (Å²) in [5, 5.41) is 4.97. The number of ether oxygens (including phenoxy) is 1. The molecule has 0 unspecified atom stereocenters. The van der Waals surface area contributed by atoms with E-state index in [4.69, 9.17) is 27.9 Å². The average Bonchev–Trinajstić information content (AvgIpc) is 3.09. The Morgan fingerprint density at radius 1 is 0.923 bits per heavy atom. The topological polar surface area (TPSA) is 105 Å². The van der Waals surface area contributed by atoms with E-state index >= 15 is 0 Å². The molecule has 0 saturated carbocycles. The minimum atomic E-state index is -0.806. The normalized spacial score (nSPS) is 13.3. The van der Waals surface area contributed by atoms with Crippen molar-refractivity contribution in [2.45, 2.75) is 26.9 Å². The smallest absolute Gasteiger partial charge is 0.338 e.